The molecule has 0 bridgehead atoms. The number of nitrogens with one attached hydrogen (secondary N) is 1. The van der Waals surface area contributed by atoms with Crippen LogP contribution >= 0.6 is 11.3 Å². The molecule has 2 rings (SSSR count). The molecule has 1 unspecified atom stereocenters. The summed E-state index contributed by atoms with van der Waals surface area (Å²) >= 11 is 1.58. The molecule has 0 aliphatic heterocycles. The Morgan fingerprint density at radius 3 is 2.50 bits per heavy atom. The van der Waals surface area contributed by atoms with E-state index in [0.29, 0.717) is 11.3 Å². The highest BCUT2D eigenvalue weighted by Crippen LogP contribution is 2.21. The van der Waals surface area contributed by atoms with Crippen molar-refractivity contribution in [1.82, 2.24) is 10.3 Å². The number of carbonyl (C=O) groups excluding carboxylic acids is 1. The molecule has 0 aliphatic rings. The zero-order valence-electron chi connectivity index (χ0n) is 12.7. The van der Waals surface area contributed by atoms with Crippen LogP contribution in [0.1, 0.15) is 29.9 Å². The number of aliphatic carboxylic acids is 1. The van der Waals surface area contributed by atoms with Gasteiger partial charge >= 0.3 is 5.97 Å². The zero-order valence-corrected chi connectivity index (χ0v) is 13.5. The van der Waals surface area contributed by atoms with Crippen molar-refractivity contribution < 1.29 is 14.7 Å². The molecule has 0 saturated heterocycles. The van der Waals surface area contributed by atoms with Gasteiger partial charge in [-0.3, -0.25) is 9.78 Å². The van der Waals surface area contributed by atoms with Crippen LogP contribution in [-0.2, 0) is 4.79 Å². The zero-order chi connectivity index (χ0) is 16.3. The van der Waals surface area contributed by atoms with Crippen molar-refractivity contribution >= 4 is 23.2 Å². The standard InChI is InChI=1S/C16H18N2O3S/c1-9(2)14(16(20)21)18-15(19)12-4-5-13(17-10(12)3)11-6-7-22-8-11/h4-9,14H,1-3H3,(H,18,19)(H,20,21). The van der Waals surface area contributed by atoms with Crippen molar-refractivity contribution in [3.63, 3.8) is 0 Å². The lowest BCUT2D eigenvalue weighted by molar-refractivity contribution is -0.140. The number of amides is 1. The minimum atomic E-state index is -1.04. The van der Waals surface area contributed by atoms with E-state index in [4.69, 9.17) is 5.11 Å². The van der Waals surface area contributed by atoms with E-state index in [1.54, 1.807) is 44.2 Å². The topological polar surface area (TPSA) is 79.3 Å². The lowest BCUT2D eigenvalue weighted by atomic mass is 10.0. The summed E-state index contributed by atoms with van der Waals surface area (Å²) in [6.45, 7) is 5.25. The molecule has 0 radical (unpaired) electrons. The molecule has 2 N–H and O–H groups in total. The third-order valence-electron chi connectivity index (χ3n) is 3.37. The maximum absolute atomic E-state index is 12.3. The van der Waals surface area contributed by atoms with Crippen LogP contribution in [0.4, 0.5) is 0 Å². The van der Waals surface area contributed by atoms with Crippen LogP contribution in [0.5, 0.6) is 0 Å². The second-order valence-corrected chi connectivity index (χ2v) is 6.15. The SMILES string of the molecule is Cc1nc(-c2ccsc2)ccc1C(=O)NC(C(=O)O)C(C)C. The van der Waals surface area contributed by atoms with E-state index in [-0.39, 0.29) is 5.92 Å². The number of hydrogen-bond donors (Lipinski definition) is 2. The van der Waals surface area contributed by atoms with Crippen LogP contribution in [-0.4, -0.2) is 28.0 Å². The average molecular weight is 318 g/mol. The van der Waals surface area contributed by atoms with Crippen molar-refractivity contribution in [2.75, 3.05) is 0 Å². The molecule has 22 heavy (non-hydrogen) atoms. The molecule has 0 aliphatic carbocycles. The van der Waals surface area contributed by atoms with Gasteiger partial charge in [-0.1, -0.05) is 13.8 Å². The molecule has 116 valence electrons. The van der Waals surface area contributed by atoms with Gasteiger partial charge in [0.25, 0.3) is 5.91 Å². The molecule has 0 spiro atoms. The Morgan fingerprint density at radius 1 is 1.27 bits per heavy atom. The lowest BCUT2D eigenvalue weighted by Gasteiger charge is -2.18. The highest BCUT2D eigenvalue weighted by molar-refractivity contribution is 7.08. The molecule has 6 heteroatoms. The fourth-order valence-corrected chi connectivity index (χ4v) is 2.75. The van der Waals surface area contributed by atoms with Crippen LogP contribution in [0, 0.1) is 12.8 Å². The Labute approximate surface area is 133 Å². The minimum Gasteiger partial charge on any atom is -0.480 e. The van der Waals surface area contributed by atoms with Crippen molar-refractivity contribution in [1.29, 1.82) is 0 Å². The Hall–Kier alpha value is -2.21. The number of aryl methyl sites for hydroxylation is 1. The first-order valence-electron chi connectivity index (χ1n) is 6.94. The molecule has 2 heterocycles. The molecule has 2 aromatic rings. The first-order chi connectivity index (χ1) is 10.4. The predicted octanol–water partition coefficient (Wildman–Crippen LogP) is 2.96. The Kier molecular flexibility index (Phi) is 4.92. The maximum Gasteiger partial charge on any atom is 0.326 e. The van der Waals surface area contributed by atoms with Gasteiger partial charge in [-0.05, 0) is 36.4 Å². The molecular weight excluding hydrogens is 300 g/mol. The van der Waals surface area contributed by atoms with Gasteiger partial charge in [0.05, 0.1) is 17.0 Å². The van der Waals surface area contributed by atoms with Gasteiger partial charge in [0.15, 0.2) is 0 Å². The molecule has 5 nitrogen and oxygen atoms in total. The normalized spacial score (nSPS) is 12.2. The third kappa shape index (κ3) is 3.51. The van der Waals surface area contributed by atoms with Crippen molar-refractivity contribution in [3.8, 4) is 11.3 Å². The van der Waals surface area contributed by atoms with Crippen molar-refractivity contribution in [3.05, 3.63) is 40.2 Å². The first kappa shape index (κ1) is 16.2. The summed E-state index contributed by atoms with van der Waals surface area (Å²) in [5.74, 6) is -1.65. The number of hydrogen-bond acceptors (Lipinski definition) is 4. The molecule has 2 aromatic heterocycles. The molecule has 1 atom stereocenters. The number of rotatable bonds is 5. The van der Waals surface area contributed by atoms with Gasteiger partial charge in [0, 0.05) is 10.9 Å². The fraction of sp³-hybridized carbons (Fsp3) is 0.312. The summed E-state index contributed by atoms with van der Waals surface area (Å²) in [6, 6.07) is 4.51. The van der Waals surface area contributed by atoms with Crippen LogP contribution in [0.3, 0.4) is 0 Å². The van der Waals surface area contributed by atoms with E-state index in [9.17, 15) is 9.59 Å². The third-order valence-corrected chi connectivity index (χ3v) is 4.05. The number of nitrogens with zero attached hydrogens (tertiary/aromatic N) is 1. The smallest absolute Gasteiger partial charge is 0.326 e. The van der Waals surface area contributed by atoms with E-state index in [0.717, 1.165) is 11.3 Å². The average Bonchev–Trinajstić information content (AvgIpc) is 2.97. The van der Waals surface area contributed by atoms with Gasteiger partial charge < -0.3 is 10.4 Å². The summed E-state index contributed by atoms with van der Waals surface area (Å²) in [6.07, 6.45) is 0. The second kappa shape index (κ2) is 6.70. The Balaban J connectivity index is 2.22. The number of pyridine rings is 1. The Morgan fingerprint density at radius 2 is 2.00 bits per heavy atom. The Bertz CT molecular complexity index is 681. The first-order valence-corrected chi connectivity index (χ1v) is 7.88. The highest BCUT2D eigenvalue weighted by Gasteiger charge is 2.24. The van der Waals surface area contributed by atoms with E-state index in [1.807, 2.05) is 16.8 Å². The van der Waals surface area contributed by atoms with Crippen molar-refractivity contribution in [2.45, 2.75) is 26.8 Å². The molecule has 0 saturated carbocycles. The largest absolute Gasteiger partial charge is 0.480 e. The molecular formula is C16H18N2O3S. The van der Waals surface area contributed by atoms with E-state index in [1.165, 1.54) is 0 Å². The van der Waals surface area contributed by atoms with Crippen LogP contribution < -0.4 is 5.32 Å². The van der Waals surface area contributed by atoms with Gasteiger partial charge in [-0.25, -0.2) is 4.79 Å². The monoisotopic (exact) mass is 318 g/mol. The van der Waals surface area contributed by atoms with Crippen LogP contribution in [0.2, 0.25) is 0 Å². The van der Waals surface area contributed by atoms with E-state index >= 15 is 0 Å². The van der Waals surface area contributed by atoms with Gasteiger partial charge in [0.1, 0.15) is 6.04 Å². The van der Waals surface area contributed by atoms with Crippen molar-refractivity contribution in [2.24, 2.45) is 5.92 Å². The van der Waals surface area contributed by atoms with Crippen LogP contribution in [0.25, 0.3) is 11.3 Å². The number of carboxylic acid groups (broad SMARTS) is 1. The fourth-order valence-electron chi connectivity index (χ4n) is 2.10. The van der Waals surface area contributed by atoms with Gasteiger partial charge in [-0.2, -0.15) is 11.3 Å². The summed E-state index contributed by atoms with van der Waals surface area (Å²) < 4.78 is 0. The van der Waals surface area contributed by atoms with E-state index < -0.39 is 17.9 Å². The molecule has 0 aromatic carbocycles. The predicted molar refractivity (Wildman–Crippen MR) is 86.0 cm³/mol. The lowest BCUT2D eigenvalue weighted by Crippen LogP contribution is -2.44. The molecule has 1 amide bonds. The number of thiophene rings is 1. The highest BCUT2D eigenvalue weighted by atomic mass is 32.1. The summed E-state index contributed by atoms with van der Waals surface area (Å²) in [7, 11) is 0. The minimum absolute atomic E-state index is 0.195. The maximum atomic E-state index is 12.3. The molecule has 0 fully saturated rings. The quantitative estimate of drug-likeness (QED) is 0.888. The van der Waals surface area contributed by atoms with E-state index in [2.05, 4.69) is 10.3 Å². The van der Waals surface area contributed by atoms with Crippen LogP contribution in [0.15, 0.2) is 29.0 Å². The summed E-state index contributed by atoms with van der Waals surface area (Å²) in [5.41, 5.74) is 2.78. The number of aromatic nitrogens is 1. The summed E-state index contributed by atoms with van der Waals surface area (Å²) in [4.78, 5) is 27.9. The van der Waals surface area contributed by atoms with Gasteiger partial charge in [0.2, 0.25) is 0 Å². The summed E-state index contributed by atoms with van der Waals surface area (Å²) in [5, 5.41) is 15.7. The van der Waals surface area contributed by atoms with Gasteiger partial charge in [-0.15, -0.1) is 0 Å². The second-order valence-electron chi connectivity index (χ2n) is 5.37. The number of carbonyl (C=O) groups is 2. The number of carboxylic acids is 1.